The summed E-state index contributed by atoms with van der Waals surface area (Å²) in [6.45, 7) is 3.20. The van der Waals surface area contributed by atoms with Crippen LogP contribution in [0.5, 0.6) is 0 Å². The Morgan fingerprint density at radius 1 is 0.326 bits per heavy atom. The Kier molecular flexibility index (Phi) is 25.6. The van der Waals surface area contributed by atoms with Crippen LogP contribution in [-0.4, -0.2) is 141 Å². The minimum Gasteiger partial charge on any atom is -0.459 e. The summed E-state index contributed by atoms with van der Waals surface area (Å²) in [7, 11) is 0. The van der Waals surface area contributed by atoms with E-state index in [-0.39, 0.29) is 71.6 Å². The SMILES string of the molecule is C=CCO[C@H]1O[C@H](CO[C@H]2O[C@H](CO[C@H]3O[C@H](COC(=O)c4ccccc4)[C@@H](OCc4ccccc4)[C@H](OCc4ccccc4)[C@@H]3OC(=O)c3ccccc3)[C@@H](OCc3ccccc3)[C@H](OCc3ccccc3)[C@@H]2O)[C@@H](OCc2ccccc2)[C@H](OCc2ccccc2)[C@@H]1O. The van der Waals surface area contributed by atoms with E-state index in [4.69, 9.17) is 66.3 Å². The molecule has 496 valence electrons. The number of aliphatic hydroxyl groups is 2. The van der Waals surface area contributed by atoms with E-state index in [0.29, 0.717) is 5.56 Å². The summed E-state index contributed by atoms with van der Waals surface area (Å²) in [5.41, 5.74) is 5.50. The molecule has 2 N–H and O–H groups in total. The van der Waals surface area contributed by atoms with E-state index in [2.05, 4.69) is 6.58 Å². The predicted octanol–water partition coefficient (Wildman–Crippen LogP) is 10.7. The van der Waals surface area contributed by atoms with E-state index < -0.39 is 104 Å². The van der Waals surface area contributed by atoms with Crippen molar-refractivity contribution in [1.82, 2.24) is 0 Å². The van der Waals surface area contributed by atoms with Crippen molar-refractivity contribution in [2.75, 3.05) is 26.4 Å². The smallest absolute Gasteiger partial charge is 0.338 e. The molecule has 3 fully saturated rings. The summed E-state index contributed by atoms with van der Waals surface area (Å²) in [4.78, 5) is 28.4. The Hall–Kier alpha value is -8.12. The summed E-state index contributed by atoms with van der Waals surface area (Å²) in [5, 5.41) is 24.9. The van der Waals surface area contributed by atoms with Gasteiger partial charge in [0, 0.05) is 0 Å². The van der Waals surface area contributed by atoms with E-state index in [1.54, 1.807) is 66.7 Å². The first-order valence-corrected chi connectivity index (χ1v) is 31.9. The molecule has 11 rings (SSSR count). The van der Waals surface area contributed by atoms with Gasteiger partial charge in [-0.15, -0.1) is 6.58 Å². The van der Waals surface area contributed by atoms with Crippen LogP contribution in [0, 0.1) is 0 Å². The van der Waals surface area contributed by atoms with Gasteiger partial charge >= 0.3 is 11.9 Å². The first-order valence-electron chi connectivity index (χ1n) is 31.9. The molecule has 95 heavy (non-hydrogen) atoms. The van der Waals surface area contributed by atoms with Gasteiger partial charge in [-0.1, -0.05) is 224 Å². The monoisotopic (exact) mass is 1290 g/mol. The molecule has 0 radical (unpaired) electrons. The minimum atomic E-state index is -1.54. The molecule has 3 saturated heterocycles. The van der Waals surface area contributed by atoms with Gasteiger partial charge in [0.05, 0.1) is 70.6 Å². The number of carbonyl (C=O) groups is 2. The zero-order chi connectivity index (χ0) is 65.4. The first-order chi connectivity index (χ1) is 46.7. The van der Waals surface area contributed by atoms with Crippen LogP contribution in [0.25, 0.3) is 0 Å². The average Bonchev–Trinajstić information content (AvgIpc) is 0.817. The van der Waals surface area contributed by atoms with Gasteiger partial charge in [-0.3, -0.25) is 0 Å². The van der Waals surface area contributed by atoms with Gasteiger partial charge in [-0.2, -0.15) is 0 Å². The van der Waals surface area contributed by atoms with Gasteiger partial charge in [0.1, 0.15) is 73.8 Å². The normalized spacial score (nSPS) is 25.9. The molecular weight excluding hydrogens is 1210 g/mol. The molecule has 3 aliphatic rings. The minimum absolute atomic E-state index is 0.0284. The molecule has 15 atom stereocenters. The molecule has 3 aliphatic heterocycles. The van der Waals surface area contributed by atoms with E-state index in [1.807, 2.05) is 182 Å². The van der Waals surface area contributed by atoms with Gasteiger partial charge in [-0.25, -0.2) is 9.59 Å². The van der Waals surface area contributed by atoms with Crippen molar-refractivity contribution in [3.05, 3.63) is 300 Å². The molecule has 0 saturated carbocycles. The number of ether oxygens (including phenoxy) is 14. The van der Waals surface area contributed by atoms with Crippen molar-refractivity contribution >= 4 is 11.9 Å². The topological polar surface area (TPSA) is 204 Å². The molecule has 8 aromatic carbocycles. The Morgan fingerprint density at radius 2 is 0.611 bits per heavy atom. The van der Waals surface area contributed by atoms with Crippen LogP contribution in [0.15, 0.2) is 255 Å². The molecule has 0 amide bonds. The highest BCUT2D eigenvalue weighted by molar-refractivity contribution is 5.90. The lowest BCUT2D eigenvalue weighted by Gasteiger charge is -2.47. The predicted molar refractivity (Wildman–Crippen MR) is 349 cm³/mol. The zero-order valence-corrected chi connectivity index (χ0v) is 52.5. The lowest BCUT2D eigenvalue weighted by Crippen LogP contribution is -2.64. The number of esters is 2. The van der Waals surface area contributed by atoms with Crippen LogP contribution in [0.1, 0.15) is 54.1 Å². The summed E-state index contributed by atoms with van der Waals surface area (Å²) in [5.74, 6) is -1.33. The maximum Gasteiger partial charge on any atom is 0.338 e. The lowest BCUT2D eigenvalue weighted by atomic mass is 9.96. The van der Waals surface area contributed by atoms with Crippen molar-refractivity contribution < 1.29 is 86.1 Å². The van der Waals surface area contributed by atoms with Crippen LogP contribution in [0.4, 0.5) is 0 Å². The van der Waals surface area contributed by atoms with Crippen molar-refractivity contribution in [3.63, 3.8) is 0 Å². The highest BCUT2D eigenvalue weighted by Crippen LogP contribution is 2.36. The Balaban J connectivity index is 0.948. The highest BCUT2D eigenvalue weighted by atomic mass is 16.8. The van der Waals surface area contributed by atoms with Gasteiger partial charge in [-0.05, 0) is 57.6 Å². The zero-order valence-electron chi connectivity index (χ0n) is 52.5. The summed E-state index contributed by atoms with van der Waals surface area (Å²) in [6, 6.07) is 74.2. The highest BCUT2D eigenvalue weighted by Gasteiger charge is 2.54. The van der Waals surface area contributed by atoms with Crippen LogP contribution in [-0.2, 0) is 106 Å². The van der Waals surface area contributed by atoms with Crippen LogP contribution in [0.3, 0.4) is 0 Å². The van der Waals surface area contributed by atoms with Crippen LogP contribution in [0.2, 0.25) is 0 Å². The number of carbonyl (C=O) groups excluding carboxylic acids is 2. The third-order valence-electron chi connectivity index (χ3n) is 16.4. The third-order valence-corrected chi connectivity index (χ3v) is 16.4. The molecule has 0 aliphatic carbocycles. The molecule has 0 aromatic heterocycles. The van der Waals surface area contributed by atoms with Gasteiger partial charge in [0.15, 0.2) is 25.0 Å². The van der Waals surface area contributed by atoms with Gasteiger partial charge < -0.3 is 76.5 Å². The maximum absolute atomic E-state index is 14.6. The fourth-order valence-corrected chi connectivity index (χ4v) is 11.5. The summed E-state index contributed by atoms with van der Waals surface area (Å²) < 4.78 is 93.6. The Labute approximate surface area is 553 Å². The first kappa shape index (κ1) is 68.3. The Morgan fingerprint density at radius 3 is 0.979 bits per heavy atom. The molecule has 18 nitrogen and oxygen atoms in total. The Bertz CT molecular complexity index is 3510. The van der Waals surface area contributed by atoms with Gasteiger partial charge in [0.25, 0.3) is 0 Å². The van der Waals surface area contributed by atoms with E-state index >= 15 is 0 Å². The number of benzene rings is 8. The largest absolute Gasteiger partial charge is 0.459 e. The van der Waals surface area contributed by atoms with E-state index in [1.165, 1.54) is 0 Å². The molecule has 8 aromatic rings. The number of rotatable bonds is 32. The number of hydrogen-bond donors (Lipinski definition) is 2. The molecule has 3 heterocycles. The second-order valence-corrected chi connectivity index (χ2v) is 23.2. The molecule has 0 spiro atoms. The number of hydrogen-bond acceptors (Lipinski definition) is 18. The quantitative estimate of drug-likeness (QED) is 0.0297. The average molecular weight is 1290 g/mol. The van der Waals surface area contributed by atoms with Crippen molar-refractivity contribution in [3.8, 4) is 0 Å². The van der Waals surface area contributed by atoms with Gasteiger partial charge in [0.2, 0.25) is 0 Å². The molecular formula is C77H80O18. The van der Waals surface area contributed by atoms with Crippen LogP contribution >= 0.6 is 0 Å². The van der Waals surface area contributed by atoms with Crippen molar-refractivity contribution in [2.45, 2.75) is 132 Å². The molecule has 0 unspecified atom stereocenters. The molecule has 18 heteroatoms. The summed E-state index contributed by atoms with van der Waals surface area (Å²) >= 11 is 0. The fourth-order valence-electron chi connectivity index (χ4n) is 11.5. The second-order valence-electron chi connectivity index (χ2n) is 23.2. The third kappa shape index (κ3) is 19.3. The standard InChI is InChI=1S/C77H80O18/c1-2-43-82-75-64(78)69(86-47-56-33-17-6-18-34-56)66(83-44-53-27-11-3-12-28-53)62(92-75)51-90-76-65(79)70(87-48-57-35-19-7-20-36-57)67(84-45-54-29-13-4-14-30-54)63(93-76)52-91-77-72(95-74(81)60-41-25-10-26-42-60)71(88-49-58-37-21-8-22-38-58)68(85-46-55-31-15-5-16-32-55)61(94-77)50-89-73(80)59-39-23-9-24-40-59/h2-42,61-72,75-79H,1,43-52H2/t61-,62-,63-,64+,65+,66-,67-,68-,69-,70-,71+,72+,75+,76+,77+/m1/s1. The van der Waals surface area contributed by atoms with E-state index in [0.717, 1.165) is 33.4 Å². The van der Waals surface area contributed by atoms with Crippen molar-refractivity contribution in [2.24, 2.45) is 0 Å². The summed E-state index contributed by atoms with van der Waals surface area (Å²) in [6.07, 6.45) is -16.8. The maximum atomic E-state index is 14.6. The second kappa shape index (κ2) is 35.6. The number of aliphatic hydroxyl groups excluding tert-OH is 2. The van der Waals surface area contributed by atoms with Crippen LogP contribution < -0.4 is 0 Å². The fraction of sp³-hybridized carbons (Fsp3) is 0.325. The molecule has 0 bridgehead atoms. The van der Waals surface area contributed by atoms with Crippen molar-refractivity contribution in [1.29, 1.82) is 0 Å². The lowest BCUT2D eigenvalue weighted by molar-refractivity contribution is -0.354. The van der Waals surface area contributed by atoms with E-state index in [9.17, 15) is 19.8 Å².